The van der Waals surface area contributed by atoms with Gasteiger partial charge in [-0.1, -0.05) is 136 Å². The number of nitrogens with zero attached hydrogens (tertiary/aromatic N) is 2. The van der Waals surface area contributed by atoms with Crippen LogP contribution in [0.1, 0.15) is 86.8 Å². The third-order valence-electron chi connectivity index (χ3n) is 12.9. The first-order valence-electron chi connectivity index (χ1n) is 21.2. The number of anilines is 6. The van der Waals surface area contributed by atoms with Gasteiger partial charge in [-0.25, -0.2) is 0 Å². The van der Waals surface area contributed by atoms with Gasteiger partial charge < -0.3 is 9.80 Å². The predicted molar refractivity (Wildman–Crippen MR) is 245 cm³/mol. The molecular weight excluding hydrogens is 709 g/mol. The average molecular weight is 759 g/mol. The van der Waals surface area contributed by atoms with E-state index in [1.54, 1.807) is 0 Å². The molecule has 0 unspecified atom stereocenters. The maximum Gasteiger partial charge on any atom is 0.0554 e. The highest BCUT2D eigenvalue weighted by Crippen LogP contribution is 2.49. The molecule has 2 nitrogen and oxygen atoms in total. The first kappa shape index (κ1) is 35.8. The van der Waals surface area contributed by atoms with Gasteiger partial charge in [-0.15, -0.1) is 11.3 Å². The lowest BCUT2D eigenvalue weighted by Gasteiger charge is -2.39. The number of benzene rings is 7. The molecule has 3 heteroatoms. The van der Waals surface area contributed by atoms with E-state index >= 15 is 0 Å². The van der Waals surface area contributed by atoms with Crippen LogP contribution >= 0.6 is 11.3 Å². The van der Waals surface area contributed by atoms with Gasteiger partial charge in [0.25, 0.3) is 0 Å². The second-order valence-electron chi connectivity index (χ2n) is 16.3. The molecule has 8 aromatic rings. The Kier molecular flexibility index (Phi) is 9.86. The summed E-state index contributed by atoms with van der Waals surface area (Å²) in [7, 11) is 0. The van der Waals surface area contributed by atoms with Crippen LogP contribution in [0.4, 0.5) is 34.1 Å². The van der Waals surface area contributed by atoms with Crippen molar-refractivity contribution in [1.82, 2.24) is 0 Å². The Morgan fingerprint density at radius 3 is 1.53 bits per heavy atom. The Bertz CT molecular complexity index is 2560. The van der Waals surface area contributed by atoms with Gasteiger partial charge in [0.05, 0.1) is 5.69 Å². The van der Waals surface area contributed by atoms with E-state index in [4.69, 9.17) is 0 Å². The third-order valence-corrected chi connectivity index (χ3v) is 14.1. The summed E-state index contributed by atoms with van der Waals surface area (Å²) in [4.78, 5) is 4.87. The SMILES string of the molecule is c1ccc(N(c2ccc(C3CCCCC3)cc2)c2ccc(C3(c4ccc(N(c5ccccc5)c5cccc6sc7ccccc7c56)cc4)CCCCC3)cc2)cc1. The molecule has 0 radical (unpaired) electrons. The van der Waals surface area contributed by atoms with Gasteiger partial charge in [0.1, 0.15) is 0 Å². The number of thiophene rings is 1. The standard InChI is InChI=1S/C54H50N2S/c1-5-16-40(17-6-1)41-26-32-46(33-27-41)55(44-18-7-2-8-19-44)47-34-28-42(29-35-47)54(38-13-4-14-39-54)43-30-36-48(37-31-43)56(45-20-9-3-10-21-45)50-23-15-25-52-53(50)49-22-11-12-24-51(49)57-52/h2-3,7-12,15,18-37,40H,1,4-6,13-14,16-17,38-39H2. The molecule has 2 aliphatic carbocycles. The predicted octanol–water partition coefficient (Wildman–Crippen LogP) is 16.3. The molecule has 0 atom stereocenters. The summed E-state index contributed by atoms with van der Waals surface area (Å²) in [5, 5.41) is 2.64. The lowest BCUT2D eigenvalue weighted by Crippen LogP contribution is -2.30. The zero-order valence-corrected chi connectivity index (χ0v) is 33.5. The first-order valence-corrected chi connectivity index (χ1v) is 22.0. The van der Waals surface area contributed by atoms with Crippen molar-refractivity contribution in [1.29, 1.82) is 0 Å². The molecule has 0 bridgehead atoms. The Hall–Kier alpha value is -5.64. The summed E-state index contributed by atoms with van der Waals surface area (Å²) in [6, 6.07) is 66.0. The second-order valence-corrected chi connectivity index (χ2v) is 17.3. The van der Waals surface area contributed by atoms with Gasteiger partial charge in [-0.3, -0.25) is 0 Å². The van der Waals surface area contributed by atoms with Crippen molar-refractivity contribution in [3.05, 3.63) is 193 Å². The molecule has 0 N–H and O–H groups in total. The van der Waals surface area contributed by atoms with Crippen LogP contribution in [0.15, 0.2) is 176 Å². The van der Waals surface area contributed by atoms with Crippen LogP contribution < -0.4 is 9.80 Å². The highest BCUT2D eigenvalue weighted by atomic mass is 32.1. The second kappa shape index (κ2) is 15.7. The number of hydrogen-bond acceptors (Lipinski definition) is 3. The van der Waals surface area contributed by atoms with Crippen molar-refractivity contribution in [2.45, 2.75) is 75.5 Å². The van der Waals surface area contributed by atoms with Crippen molar-refractivity contribution in [2.24, 2.45) is 0 Å². The van der Waals surface area contributed by atoms with E-state index in [0.29, 0.717) is 5.92 Å². The molecule has 2 aliphatic rings. The van der Waals surface area contributed by atoms with E-state index in [0.717, 1.165) is 0 Å². The molecule has 0 amide bonds. The maximum atomic E-state index is 2.45. The average Bonchev–Trinajstić information content (AvgIpc) is 3.68. The lowest BCUT2D eigenvalue weighted by atomic mass is 9.65. The first-order chi connectivity index (χ1) is 28.2. The monoisotopic (exact) mass is 758 g/mol. The van der Waals surface area contributed by atoms with Crippen LogP contribution in [0, 0.1) is 0 Å². The molecule has 282 valence electrons. The Morgan fingerprint density at radius 1 is 0.404 bits per heavy atom. The summed E-state index contributed by atoms with van der Waals surface area (Å²) in [6.45, 7) is 0. The molecule has 10 rings (SSSR count). The minimum Gasteiger partial charge on any atom is -0.311 e. The van der Waals surface area contributed by atoms with Crippen molar-refractivity contribution >= 4 is 65.6 Å². The highest BCUT2D eigenvalue weighted by Gasteiger charge is 2.36. The summed E-state index contributed by atoms with van der Waals surface area (Å²) in [5.74, 6) is 0.704. The summed E-state index contributed by atoms with van der Waals surface area (Å²) >= 11 is 1.88. The minimum absolute atomic E-state index is 0.0182. The van der Waals surface area contributed by atoms with Gasteiger partial charge in [0.2, 0.25) is 0 Å². The molecule has 7 aromatic carbocycles. The summed E-state index contributed by atoms with van der Waals surface area (Å²) in [6.07, 6.45) is 12.9. The number of hydrogen-bond donors (Lipinski definition) is 0. The summed E-state index contributed by atoms with van der Waals surface area (Å²) in [5.41, 5.74) is 11.5. The largest absolute Gasteiger partial charge is 0.311 e. The lowest BCUT2D eigenvalue weighted by molar-refractivity contribution is 0.346. The fourth-order valence-corrected chi connectivity index (χ4v) is 11.2. The molecule has 0 aliphatic heterocycles. The van der Waals surface area contributed by atoms with Crippen LogP contribution in [0.25, 0.3) is 20.2 Å². The van der Waals surface area contributed by atoms with Crippen LogP contribution in [-0.4, -0.2) is 0 Å². The minimum atomic E-state index is -0.0182. The van der Waals surface area contributed by atoms with E-state index in [1.165, 1.54) is 135 Å². The van der Waals surface area contributed by atoms with Crippen LogP contribution in [-0.2, 0) is 5.41 Å². The maximum absolute atomic E-state index is 2.45. The zero-order chi connectivity index (χ0) is 38.0. The van der Waals surface area contributed by atoms with E-state index < -0.39 is 0 Å². The fraction of sp³-hybridized carbons (Fsp3) is 0.222. The van der Waals surface area contributed by atoms with Gasteiger partial charge in [0.15, 0.2) is 0 Å². The van der Waals surface area contributed by atoms with E-state index in [-0.39, 0.29) is 5.41 Å². The normalized spacial score (nSPS) is 15.8. The Morgan fingerprint density at radius 2 is 0.895 bits per heavy atom. The van der Waals surface area contributed by atoms with Crippen molar-refractivity contribution in [3.63, 3.8) is 0 Å². The van der Waals surface area contributed by atoms with E-state index in [1.807, 2.05) is 11.3 Å². The molecule has 1 heterocycles. The summed E-state index contributed by atoms with van der Waals surface area (Å²) < 4.78 is 2.64. The van der Waals surface area contributed by atoms with Crippen LogP contribution in [0.5, 0.6) is 0 Å². The molecule has 0 spiro atoms. The fourth-order valence-electron chi connectivity index (χ4n) is 10.1. The topological polar surface area (TPSA) is 6.48 Å². The highest BCUT2D eigenvalue weighted by molar-refractivity contribution is 7.26. The number of rotatable bonds is 9. The number of fused-ring (bicyclic) bond motifs is 3. The van der Waals surface area contributed by atoms with Crippen molar-refractivity contribution < 1.29 is 0 Å². The van der Waals surface area contributed by atoms with Gasteiger partial charge in [-0.2, -0.15) is 0 Å². The quantitative estimate of drug-likeness (QED) is 0.145. The molecule has 1 aromatic heterocycles. The third kappa shape index (κ3) is 6.83. The Balaban J connectivity index is 1.01. The molecular formula is C54H50N2S. The molecule has 2 fully saturated rings. The van der Waals surface area contributed by atoms with E-state index in [2.05, 4.69) is 186 Å². The van der Waals surface area contributed by atoms with Gasteiger partial charge in [0, 0.05) is 54.0 Å². The van der Waals surface area contributed by atoms with Gasteiger partial charge in [-0.05, 0) is 127 Å². The smallest absolute Gasteiger partial charge is 0.0554 e. The van der Waals surface area contributed by atoms with Gasteiger partial charge >= 0.3 is 0 Å². The Labute approximate surface area is 342 Å². The van der Waals surface area contributed by atoms with Crippen molar-refractivity contribution in [3.8, 4) is 0 Å². The number of para-hydroxylation sites is 2. The van der Waals surface area contributed by atoms with Crippen molar-refractivity contribution in [2.75, 3.05) is 9.80 Å². The molecule has 2 saturated carbocycles. The van der Waals surface area contributed by atoms with E-state index in [9.17, 15) is 0 Å². The molecule has 0 saturated heterocycles. The van der Waals surface area contributed by atoms with Crippen LogP contribution in [0.3, 0.4) is 0 Å². The van der Waals surface area contributed by atoms with Crippen LogP contribution in [0.2, 0.25) is 0 Å². The molecule has 57 heavy (non-hydrogen) atoms. The zero-order valence-electron chi connectivity index (χ0n) is 32.7.